The number of hydrogen-bond acceptors (Lipinski definition) is 4. The van der Waals surface area contributed by atoms with E-state index in [-0.39, 0.29) is 11.0 Å². The Hall–Kier alpha value is -0.260. The molecule has 0 spiro atoms. The number of methoxy groups -OCH3 is 1. The Kier molecular flexibility index (Phi) is 6.92. The second kappa shape index (κ2) is 7.95. The highest BCUT2D eigenvalue weighted by Gasteiger charge is 2.08. The summed E-state index contributed by atoms with van der Waals surface area (Å²) >= 11 is 17.3. The van der Waals surface area contributed by atoms with E-state index in [1.807, 2.05) is 0 Å². The minimum atomic E-state index is 0.159. The molecule has 0 aromatic carbocycles. The lowest BCUT2D eigenvalue weighted by Crippen LogP contribution is -2.10. The van der Waals surface area contributed by atoms with Gasteiger partial charge < -0.3 is 14.2 Å². The van der Waals surface area contributed by atoms with E-state index < -0.39 is 0 Å². The first-order valence-corrected chi connectivity index (χ1v) is 5.99. The molecule has 0 fully saturated rings. The monoisotopic (exact) mass is 299 g/mol. The summed E-state index contributed by atoms with van der Waals surface area (Å²) in [6.07, 6.45) is 0. The molecule has 0 atom stereocenters. The van der Waals surface area contributed by atoms with E-state index in [9.17, 15) is 0 Å². The van der Waals surface area contributed by atoms with Crippen LogP contribution in [-0.4, -0.2) is 38.5 Å². The molecule has 0 unspecified atom stereocenters. The third-order valence-corrected chi connectivity index (χ3v) is 2.70. The van der Waals surface area contributed by atoms with Crippen LogP contribution in [0.2, 0.25) is 15.2 Å². The first-order chi connectivity index (χ1) is 8.15. The third kappa shape index (κ3) is 5.27. The summed E-state index contributed by atoms with van der Waals surface area (Å²) in [5.74, 6) is 0.247. The van der Waals surface area contributed by atoms with Gasteiger partial charge in [0.05, 0.1) is 24.8 Å². The smallest absolute Gasteiger partial charge is 0.234 e. The second-order valence-corrected chi connectivity index (χ2v) is 4.17. The Morgan fingerprint density at radius 1 is 1.06 bits per heavy atom. The molecule has 0 aliphatic heterocycles. The van der Waals surface area contributed by atoms with Crippen LogP contribution in [0.3, 0.4) is 0 Å². The van der Waals surface area contributed by atoms with Gasteiger partial charge in [-0.2, -0.15) is 4.98 Å². The van der Waals surface area contributed by atoms with E-state index in [4.69, 9.17) is 49.0 Å². The van der Waals surface area contributed by atoms with Crippen LogP contribution in [0, 0.1) is 0 Å². The Morgan fingerprint density at radius 2 is 1.76 bits per heavy atom. The molecule has 7 heteroatoms. The lowest BCUT2D eigenvalue weighted by atomic mass is 10.5. The summed E-state index contributed by atoms with van der Waals surface area (Å²) in [6, 6.07) is 1.49. The van der Waals surface area contributed by atoms with Crippen molar-refractivity contribution in [2.75, 3.05) is 33.5 Å². The number of pyridine rings is 1. The molecule has 1 aromatic heterocycles. The highest BCUT2D eigenvalue weighted by molar-refractivity contribution is 6.42. The zero-order valence-electron chi connectivity index (χ0n) is 9.21. The predicted molar refractivity (Wildman–Crippen MR) is 67.5 cm³/mol. The summed E-state index contributed by atoms with van der Waals surface area (Å²) in [4.78, 5) is 3.91. The van der Waals surface area contributed by atoms with Crippen molar-refractivity contribution in [1.82, 2.24) is 4.98 Å². The maximum atomic E-state index is 5.87. The van der Waals surface area contributed by atoms with Crippen molar-refractivity contribution in [3.8, 4) is 5.88 Å². The fourth-order valence-electron chi connectivity index (χ4n) is 0.971. The van der Waals surface area contributed by atoms with Crippen LogP contribution < -0.4 is 4.74 Å². The lowest BCUT2D eigenvalue weighted by molar-refractivity contribution is 0.0537. The maximum absolute atomic E-state index is 5.87. The highest BCUT2D eigenvalue weighted by Crippen LogP contribution is 2.30. The molecule has 0 saturated carbocycles. The zero-order chi connectivity index (χ0) is 12.7. The molecule has 0 amide bonds. The summed E-state index contributed by atoms with van der Waals surface area (Å²) < 4.78 is 15.3. The van der Waals surface area contributed by atoms with E-state index in [2.05, 4.69) is 4.98 Å². The number of aromatic nitrogens is 1. The average Bonchev–Trinajstić information content (AvgIpc) is 2.30. The first kappa shape index (κ1) is 14.8. The molecule has 1 heterocycles. The minimum absolute atomic E-state index is 0.159. The zero-order valence-corrected chi connectivity index (χ0v) is 11.5. The van der Waals surface area contributed by atoms with Crippen molar-refractivity contribution >= 4 is 34.8 Å². The van der Waals surface area contributed by atoms with Crippen LogP contribution in [0.5, 0.6) is 5.88 Å². The second-order valence-electron chi connectivity index (χ2n) is 3.00. The molecule has 0 saturated heterocycles. The molecular weight excluding hydrogens is 288 g/mol. The van der Waals surface area contributed by atoms with Gasteiger partial charge in [-0.25, -0.2) is 0 Å². The van der Waals surface area contributed by atoms with Crippen molar-refractivity contribution < 1.29 is 14.2 Å². The maximum Gasteiger partial charge on any atom is 0.234 e. The van der Waals surface area contributed by atoms with Gasteiger partial charge in [-0.1, -0.05) is 34.8 Å². The number of hydrogen-bond donors (Lipinski definition) is 0. The largest absolute Gasteiger partial charge is 0.474 e. The fraction of sp³-hybridized carbons (Fsp3) is 0.500. The molecule has 96 valence electrons. The van der Waals surface area contributed by atoms with Crippen LogP contribution in [0.1, 0.15) is 0 Å². The number of halogens is 3. The van der Waals surface area contributed by atoms with E-state index in [0.29, 0.717) is 36.5 Å². The third-order valence-electron chi connectivity index (χ3n) is 1.75. The Morgan fingerprint density at radius 3 is 2.47 bits per heavy atom. The van der Waals surface area contributed by atoms with Crippen LogP contribution in [-0.2, 0) is 9.47 Å². The van der Waals surface area contributed by atoms with Gasteiger partial charge in [-0.3, -0.25) is 0 Å². The Bertz CT molecular complexity index is 363. The van der Waals surface area contributed by atoms with Crippen molar-refractivity contribution in [3.63, 3.8) is 0 Å². The van der Waals surface area contributed by atoms with Crippen molar-refractivity contribution in [3.05, 3.63) is 21.3 Å². The average molecular weight is 301 g/mol. The van der Waals surface area contributed by atoms with Gasteiger partial charge in [-0.15, -0.1) is 0 Å². The Labute approximate surface area is 115 Å². The van der Waals surface area contributed by atoms with Crippen LogP contribution in [0.25, 0.3) is 0 Å². The van der Waals surface area contributed by atoms with Gasteiger partial charge in [-0.05, 0) is 6.07 Å². The summed E-state index contributed by atoms with van der Waals surface area (Å²) in [6.45, 7) is 1.81. The fourth-order valence-corrected chi connectivity index (χ4v) is 1.52. The van der Waals surface area contributed by atoms with Gasteiger partial charge in [0.2, 0.25) is 5.88 Å². The molecule has 1 rings (SSSR count). The minimum Gasteiger partial charge on any atom is -0.474 e. The predicted octanol–water partition coefficient (Wildman–Crippen LogP) is 3.08. The molecule has 17 heavy (non-hydrogen) atoms. The van der Waals surface area contributed by atoms with Crippen molar-refractivity contribution in [2.45, 2.75) is 0 Å². The summed E-state index contributed by atoms with van der Waals surface area (Å²) in [5, 5.41) is 0.767. The number of rotatable bonds is 7. The van der Waals surface area contributed by atoms with E-state index >= 15 is 0 Å². The molecule has 0 bridgehead atoms. The van der Waals surface area contributed by atoms with E-state index in [1.54, 1.807) is 7.11 Å². The lowest BCUT2D eigenvalue weighted by Gasteiger charge is -2.08. The first-order valence-electron chi connectivity index (χ1n) is 4.86. The van der Waals surface area contributed by atoms with Crippen LogP contribution in [0.15, 0.2) is 6.07 Å². The van der Waals surface area contributed by atoms with E-state index in [1.165, 1.54) is 6.07 Å². The summed E-state index contributed by atoms with van der Waals surface area (Å²) in [5.41, 5.74) is 0. The van der Waals surface area contributed by atoms with Crippen molar-refractivity contribution in [1.29, 1.82) is 0 Å². The van der Waals surface area contributed by atoms with Gasteiger partial charge in [0.15, 0.2) is 5.15 Å². The SMILES string of the molecule is COCCOCCOc1nc(Cl)c(Cl)cc1Cl. The number of nitrogens with zero attached hydrogens (tertiary/aromatic N) is 1. The normalized spacial score (nSPS) is 10.6. The van der Waals surface area contributed by atoms with Gasteiger partial charge in [0.25, 0.3) is 0 Å². The van der Waals surface area contributed by atoms with Gasteiger partial charge in [0.1, 0.15) is 11.6 Å². The standard InChI is InChI=1S/C10H12Cl3NO3/c1-15-2-3-16-4-5-17-10-8(12)6-7(11)9(13)14-10/h6H,2-5H2,1H3. The quantitative estimate of drug-likeness (QED) is 0.573. The molecule has 4 nitrogen and oxygen atoms in total. The Balaban J connectivity index is 2.34. The highest BCUT2D eigenvalue weighted by atomic mass is 35.5. The molecule has 1 aromatic rings. The molecule has 0 aliphatic rings. The molecule has 0 aliphatic carbocycles. The molecule has 0 radical (unpaired) electrons. The van der Waals surface area contributed by atoms with E-state index in [0.717, 1.165) is 0 Å². The molecular formula is C10H12Cl3NO3. The number of ether oxygens (including phenoxy) is 3. The van der Waals surface area contributed by atoms with Crippen LogP contribution in [0.4, 0.5) is 0 Å². The van der Waals surface area contributed by atoms with Gasteiger partial charge >= 0.3 is 0 Å². The van der Waals surface area contributed by atoms with Crippen molar-refractivity contribution in [2.24, 2.45) is 0 Å². The molecule has 0 N–H and O–H groups in total. The summed E-state index contributed by atoms with van der Waals surface area (Å²) in [7, 11) is 1.61. The topological polar surface area (TPSA) is 40.6 Å². The van der Waals surface area contributed by atoms with Crippen LogP contribution >= 0.6 is 34.8 Å². The van der Waals surface area contributed by atoms with Gasteiger partial charge in [0, 0.05) is 7.11 Å².